The highest BCUT2D eigenvalue weighted by molar-refractivity contribution is 6.05. The van der Waals surface area contributed by atoms with Crippen LogP contribution in [0.4, 0.5) is 11.4 Å². The first-order valence-electron chi connectivity index (χ1n) is 4.63. The molecule has 0 aliphatic heterocycles. The highest BCUT2D eigenvalue weighted by atomic mass is 16.6. The van der Waals surface area contributed by atoms with E-state index in [2.05, 4.69) is 0 Å². The van der Waals surface area contributed by atoms with Crippen LogP contribution in [0.1, 0.15) is 12.5 Å². The SMILES string of the molecule is COC(C)C(=N)c1cc([N+](=O)[O-])ccc1N. The second-order valence-corrected chi connectivity index (χ2v) is 3.32. The summed E-state index contributed by atoms with van der Waals surface area (Å²) in [7, 11) is 1.47. The van der Waals surface area contributed by atoms with Gasteiger partial charge in [0.2, 0.25) is 0 Å². The first-order chi connectivity index (χ1) is 7.47. The molecule has 6 nitrogen and oxygen atoms in total. The largest absolute Gasteiger partial charge is 0.398 e. The van der Waals surface area contributed by atoms with Crippen LogP contribution in [0.5, 0.6) is 0 Å². The van der Waals surface area contributed by atoms with Crippen molar-refractivity contribution in [2.24, 2.45) is 0 Å². The molecule has 1 aromatic carbocycles. The van der Waals surface area contributed by atoms with Crippen LogP contribution in [0.3, 0.4) is 0 Å². The van der Waals surface area contributed by atoms with Gasteiger partial charge < -0.3 is 15.9 Å². The standard InChI is InChI=1S/C10H13N3O3/c1-6(16-2)10(12)8-5-7(13(14)15)3-4-9(8)11/h3-6,12H,11H2,1-2H3. The van der Waals surface area contributed by atoms with Gasteiger partial charge in [0.15, 0.2) is 0 Å². The number of nitro groups is 1. The number of hydrogen-bond acceptors (Lipinski definition) is 5. The average molecular weight is 223 g/mol. The van der Waals surface area contributed by atoms with Crippen LogP contribution in [0.25, 0.3) is 0 Å². The number of hydrogen-bond donors (Lipinski definition) is 2. The second-order valence-electron chi connectivity index (χ2n) is 3.32. The van der Waals surface area contributed by atoms with Gasteiger partial charge in [0, 0.05) is 30.5 Å². The Morgan fingerprint density at radius 3 is 2.75 bits per heavy atom. The van der Waals surface area contributed by atoms with E-state index in [0.717, 1.165) is 0 Å². The van der Waals surface area contributed by atoms with Crippen LogP contribution >= 0.6 is 0 Å². The summed E-state index contributed by atoms with van der Waals surface area (Å²) < 4.78 is 4.97. The van der Waals surface area contributed by atoms with Gasteiger partial charge in [-0.15, -0.1) is 0 Å². The van der Waals surface area contributed by atoms with Crippen molar-refractivity contribution >= 4 is 17.1 Å². The van der Waals surface area contributed by atoms with E-state index in [1.54, 1.807) is 6.92 Å². The highest BCUT2D eigenvalue weighted by Crippen LogP contribution is 2.21. The van der Waals surface area contributed by atoms with Gasteiger partial charge in [0.1, 0.15) is 0 Å². The van der Waals surface area contributed by atoms with E-state index in [1.165, 1.54) is 25.3 Å². The molecule has 0 saturated carbocycles. The Morgan fingerprint density at radius 1 is 1.62 bits per heavy atom. The van der Waals surface area contributed by atoms with Crippen molar-refractivity contribution in [3.05, 3.63) is 33.9 Å². The molecule has 1 unspecified atom stereocenters. The van der Waals surface area contributed by atoms with Gasteiger partial charge >= 0.3 is 0 Å². The van der Waals surface area contributed by atoms with Crippen molar-refractivity contribution in [3.8, 4) is 0 Å². The van der Waals surface area contributed by atoms with E-state index in [-0.39, 0.29) is 11.4 Å². The van der Waals surface area contributed by atoms with Gasteiger partial charge in [0.25, 0.3) is 5.69 Å². The van der Waals surface area contributed by atoms with Crippen molar-refractivity contribution in [3.63, 3.8) is 0 Å². The summed E-state index contributed by atoms with van der Waals surface area (Å²) in [5.41, 5.74) is 6.38. The third kappa shape index (κ3) is 2.34. The quantitative estimate of drug-likeness (QED) is 0.350. The molecule has 0 fully saturated rings. The van der Waals surface area contributed by atoms with Crippen molar-refractivity contribution in [1.29, 1.82) is 5.41 Å². The molecule has 1 rings (SSSR count). The first kappa shape index (κ1) is 12.1. The number of rotatable bonds is 4. The lowest BCUT2D eigenvalue weighted by Crippen LogP contribution is -2.20. The van der Waals surface area contributed by atoms with Crippen LogP contribution < -0.4 is 5.73 Å². The minimum absolute atomic E-state index is 0.0859. The summed E-state index contributed by atoms with van der Waals surface area (Å²) in [5.74, 6) is 0. The lowest BCUT2D eigenvalue weighted by molar-refractivity contribution is -0.384. The Hall–Kier alpha value is -1.95. The molecule has 0 bridgehead atoms. The maximum atomic E-state index is 10.6. The molecular weight excluding hydrogens is 210 g/mol. The highest BCUT2D eigenvalue weighted by Gasteiger charge is 2.16. The third-order valence-electron chi connectivity index (χ3n) is 2.30. The van der Waals surface area contributed by atoms with Crippen LogP contribution in [0, 0.1) is 15.5 Å². The summed E-state index contributed by atoms with van der Waals surface area (Å²) in [6, 6.07) is 4.02. The Labute approximate surface area is 92.7 Å². The number of nitro benzene ring substituents is 1. The number of nitrogens with two attached hydrogens (primary N) is 1. The number of methoxy groups -OCH3 is 1. The molecule has 1 aromatic rings. The van der Waals surface area contributed by atoms with Crippen molar-refractivity contribution in [2.45, 2.75) is 13.0 Å². The monoisotopic (exact) mass is 223 g/mol. The molecule has 0 aliphatic rings. The van der Waals surface area contributed by atoms with Gasteiger partial charge in [-0.3, -0.25) is 10.1 Å². The molecule has 0 aromatic heterocycles. The molecule has 6 heteroatoms. The zero-order chi connectivity index (χ0) is 12.3. The van der Waals surface area contributed by atoms with E-state index >= 15 is 0 Å². The number of benzene rings is 1. The lowest BCUT2D eigenvalue weighted by atomic mass is 10.0. The minimum atomic E-state index is -0.520. The maximum Gasteiger partial charge on any atom is 0.270 e. The topological polar surface area (TPSA) is 102 Å². The van der Waals surface area contributed by atoms with Crippen LogP contribution in [-0.2, 0) is 4.74 Å². The van der Waals surface area contributed by atoms with Gasteiger partial charge in [-0.05, 0) is 13.0 Å². The van der Waals surface area contributed by atoms with Gasteiger partial charge in [-0.2, -0.15) is 0 Å². The number of nitrogen functional groups attached to an aromatic ring is 1. The number of nitrogens with zero attached hydrogens (tertiary/aromatic N) is 1. The van der Waals surface area contributed by atoms with E-state index in [0.29, 0.717) is 11.3 Å². The van der Waals surface area contributed by atoms with E-state index in [9.17, 15) is 10.1 Å². The lowest BCUT2D eigenvalue weighted by Gasteiger charge is -2.12. The molecule has 0 amide bonds. The fourth-order valence-electron chi connectivity index (χ4n) is 1.23. The molecule has 0 spiro atoms. The number of nitrogens with one attached hydrogen (secondary N) is 1. The summed E-state index contributed by atoms with van der Waals surface area (Å²) >= 11 is 0. The van der Waals surface area contributed by atoms with Crippen LogP contribution in [0.15, 0.2) is 18.2 Å². The Morgan fingerprint density at radius 2 is 2.25 bits per heavy atom. The van der Waals surface area contributed by atoms with E-state index in [1.807, 2.05) is 0 Å². The third-order valence-corrected chi connectivity index (χ3v) is 2.30. The zero-order valence-electron chi connectivity index (χ0n) is 9.06. The molecule has 1 atom stereocenters. The molecule has 0 saturated heterocycles. The van der Waals surface area contributed by atoms with E-state index < -0.39 is 11.0 Å². The fraction of sp³-hybridized carbons (Fsp3) is 0.300. The van der Waals surface area contributed by atoms with Gasteiger partial charge in [-0.1, -0.05) is 0 Å². The summed E-state index contributed by atoms with van der Waals surface area (Å²) in [5, 5.41) is 18.4. The molecule has 16 heavy (non-hydrogen) atoms. The molecule has 86 valence electrons. The summed E-state index contributed by atoms with van der Waals surface area (Å²) in [4.78, 5) is 10.1. The number of non-ortho nitro benzene ring substituents is 1. The number of ether oxygens (including phenoxy) is 1. The van der Waals surface area contributed by atoms with E-state index in [4.69, 9.17) is 15.9 Å². The maximum absolute atomic E-state index is 10.6. The summed E-state index contributed by atoms with van der Waals surface area (Å²) in [6.07, 6.45) is -0.454. The van der Waals surface area contributed by atoms with Gasteiger partial charge in [0.05, 0.1) is 16.7 Å². The number of anilines is 1. The Bertz CT molecular complexity index is 431. The Balaban J connectivity index is 3.17. The second kappa shape index (κ2) is 4.71. The molecule has 0 heterocycles. The normalized spacial score (nSPS) is 12.1. The van der Waals surface area contributed by atoms with Gasteiger partial charge in [-0.25, -0.2) is 0 Å². The molecule has 0 radical (unpaired) electrons. The molecule has 3 N–H and O–H groups in total. The molecule has 0 aliphatic carbocycles. The minimum Gasteiger partial charge on any atom is -0.398 e. The zero-order valence-corrected chi connectivity index (χ0v) is 9.06. The van der Waals surface area contributed by atoms with Crippen LogP contribution in [-0.4, -0.2) is 23.8 Å². The first-order valence-corrected chi connectivity index (χ1v) is 4.63. The van der Waals surface area contributed by atoms with Crippen LogP contribution in [0.2, 0.25) is 0 Å². The molecular formula is C10H13N3O3. The average Bonchev–Trinajstić information content (AvgIpc) is 2.27. The van der Waals surface area contributed by atoms with Crippen molar-refractivity contribution < 1.29 is 9.66 Å². The fourth-order valence-corrected chi connectivity index (χ4v) is 1.23. The predicted molar refractivity (Wildman–Crippen MR) is 60.8 cm³/mol. The Kier molecular flexibility index (Phi) is 3.57. The predicted octanol–water partition coefficient (Wildman–Crippen LogP) is 1.58. The van der Waals surface area contributed by atoms with Crippen molar-refractivity contribution in [1.82, 2.24) is 0 Å². The smallest absolute Gasteiger partial charge is 0.270 e. The summed E-state index contributed by atoms with van der Waals surface area (Å²) in [6.45, 7) is 1.68. The van der Waals surface area contributed by atoms with Crippen molar-refractivity contribution in [2.75, 3.05) is 12.8 Å².